The molecule has 0 amide bonds. The van der Waals surface area contributed by atoms with E-state index in [2.05, 4.69) is 9.57 Å². The third kappa shape index (κ3) is 5.32. The van der Waals surface area contributed by atoms with E-state index in [0.717, 1.165) is 20.8 Å². The van der Waals surface area contributed by atoms with E-state index in [0.29, 0.717) is 0 Å². The highest BCUT2D eigenvalue weighted by atomic mass is 19.4. The average Bonchev–Trinajstić information content (AvgIpc) is 2.07. The molecular formula is C8H9F6NO4. The molecule has 0 bridgehead atoms. The molecule has 112 valence electrons. The second kappa shape index (κ2) is 5.23. The zero-order valence-corrected chi connectivity index (χ0v) is 9.85. The lowest BCUT2D eigenvalue weighted by Crippen LogP contribution is -2.52. The van der Waals surface area contributed by atoms with Crippen LogP contribution < -0.4 is 0 Å². The monoisotopic (exact) mass is 297 g/mol. The molecule has 0 aliphatic carbocycles. The number of nitrogens with zero attached hydrogens (tertiary/aromatic N) is 1. The van der Waals surface area contributed by atoms with E-state index in [1.807, 2.05) is 0 Å². The van der Waals surface area contributed by atoms with Crippen molar-refractivity contribution >= 4 is 11.9 Å². The van der Waals surface area contributed by atoms with Gasteiger partial charge in [-0.2, -0.15) is 26.3 Å². The van der Waals surface area contributed by atoms with Gasteiger partial charge in [-0.3, -0.25) is 4.79 Å². The Hall–Kier alpha value is -1.52. The molecule has 0 saturated carbocycles. The maximum Gasteiger partial charge on any atom is 0.500 e. The first kappa shape index (κ1) is 17.5. The predicted octanol–water partition coefficient (Wildman–Crippen LogP) is 2.13. The van der Waals surface area contributed by atoms with Gasteiger partial charge in [-0.15, -0.1) is 0 Å². The van der Waals surface area contributed by atoms with Gasteiger partial charge in [-0.25, -0.2) is 4.79 Å². The number of hydroxylamine groups is 2. The Morgan fingerprint density at radius 3 is 1.58 bits per heavy atom. The molecule has 0 aliphatic heterocycles. The summed E-state index contributed by atoms with van der Waals surface area (Å²) in [5.74, 6) is -3.11. The number of hydrogen-bond donors (Lipinski definition) is 0. The quantitative estimate of drug-likeness (QED) is 0.346. The van der Waals surface area contributed by atoms with Crippen LogP contribution in [-0.2, 0) is 19.2 Å². The van der Waals surface area contributed by atoms with E-state index in [4.69, 9.17) is 0 Å². The summed E-state index contributed by atoms with van der Waals surface area (Å²) >= 11 is 0. The molecule has 0 rings (SSSR count). The van der Waals surface area contributed by atoms with Crippen molar-refractivity contribution in [1.29, 1.82) is 0 Å². The zero-order chi connectivity index (χ0) is 15.6. The molecule has 0 fully saturated rings. The summed E-state index contributed by atoms with van der Waals surface area (Å²) in [5.41, 5.74) is -2.30. The fraction of sp³-hybridized carbons (Fsp3) is 0.750. The molecule has 0 spiro atoms. The lowest BCUT2D eigenvalue weighted by Gasteiger charge is -2.28. The highest BCUT2D eigenvalue weighted by Crippen LogP contribution is 2.34. The van der Waals surface area contributed by atoms with Crippen LogP contribution in [0.1, 0.15) is 20.8 Å². The van der Waals surface area contributed by atoms with Gasteiger partial charge in [0.05, 0.1) is 5.06 Å². The van der Waals surface area contributed by atoms with Crippen molar-refractivity contribution in [3.05, 3.63) is 0 Å². The number of esters is 1. The number of ether oxygens (including phenoxy) is 1. The summed E-state index contributed by atoms with van der Waals surface area (Å²) in [5, 5.41) is -2.38. The standard InChI is InChI=1S/C8H9F6NO4/c1-4(16)18-6(2,3)5(17)19-15(7(9,10)11)8(12,13)14/h1-3H3. The zero-order valence-electron chi connectivity index (χ0n) is 9.85. The summed E-state index contributed by atoms with van der Waals surface area (Å²) in [6, 6.07) is 0. The second-order valence-electron chi connectivity index (χ2n) is 3.71. The normalized spacial score (nSPS) is 13.4. The molecule has 0 aromatic carbocycles. The van der Waals surface area contributed by atoms with Crippen LogP contribution >= 0.6 is 0 Å². The maximum atomic E-state index is 12.0. The molecule has 0 aromatic heterocycles. The van der Waals surface area contributed by atoms with Crippen molar-refractivity contribution in [2.24, 2.45) is 0 Å². The van der Waals surface area contributed by atoms with E-state index < -0.39 is 35.2 Å². The first-order chi connectivity index (χ1) is 8.18. The van der Waals surface area contributed by atoms with E-state index in [-0.39, 0.29) is 0 Å². The fourth-order valence-electron chi connectivity index (χ4n) is 0.841. The minimum absolute atomic E-state index is 0.779. The molecule has 11 heteroatoms. The smallest absolute Gasteiger partial charge is 0.448 e. The summed E-state index contributed by atoms with van der Waals surface area (Å²) in [6.07, 6.45) is -12.0. The number of halogens is 6. The van der Waals surface area contributed by atoms with Crippen LogP contribution in [0.5, 0.6) is 0 Å². The van der Waals surface area contributed by atoms with Crippen LogP contribution in [0.4, 0.5) is 26.3 Å². The largest absolute Gasteiger partial charge is 0.500 e. The third-order valence-electron chi connectivity index (χ3n) is 1.53. The Kier molecular flexibility index (Phi) is 4.81. The van der Waals surface area contributed by atoms with Gasteiger partial charge in [0.25, 0.3) is 0 Å². The first-order valence-corrected chi connectivity index (χ1v) is 4.53. The number of alkyl halides is 6. The van der Waals surface area contributed by atoms with Gasteiger partial charge in [0.1, 0.15) is 0 Å². The first-order valence-electron chi connectivity index (χ1n) is 4.53. The summed E-state index contributed by atoms with van der Waals surface area (Å²) < 4.78 is 76.5. The molecular weight excluding hydrogens is 288 g/mol. The van der Waals surface area contributed by atoms with Crippen LogP contribution in [0.2, 0.25) is 0 Å². The average molecular weight is 297 g/mol. The van der Waals surface area contributed by atoms with E-state index in [9.17, 15) is 35.9 Å². The van der Waals surface area contributed by atoms with Crippen molar-refractivity contribution in [1.82, 2.24) is 5.06 Å². The Labute approximate surface area is 103 Å². The van der Waals surface area contributed by atoms with Gasteiger partial charge in [0, 0.05) is 6.92 Å². The number of hydrogen-bond acceptors (Lipinski definition) is 5. The molecule has 0 N–H and O–H groups in total. The van der Waals surface area contributed by atoms with Gasteiger partial charge in [-0.05, 0) is 13.8 Å². The molecule has 0 atom stereocenters. The Morgan fingerprint density at radius 2 is 1.32 bits per heavy atom. The Bertz CT molecular complexity index is 347. The summed E-state index contributed by atoms with van der Waals surface area (Å²) in [4.78, 5) is 24.9. The highest BCUT2D eigenvalue weighted by Gasteiger charge is 2.59. The molecule has 5 nitrogen and oxygen atoms in total. The molecule has 0 aromatic rings. The van der Waals surface area contributed by atoms with Gasteiger partial charge < -0.3 is 9.57 Å². The van der Waals surface area contributed by atoms with Gasteiger partial charge >= 0.3 is 24.5 Å². The van der Waals surface area contributed by atoms with Crippen molar-refractivity contribution in [2.75, 3.05) is 0 Å². The summed E-state index contributed by atoms with van der Waals surface area (Å²) in [6.45, 7) is 2.38. The molecule has 19 heavy (non-hydrogen) atoms. The summed E-state index contributed by atoms with van der Waals surface area (Å²) in [7, 11) is 0. The molecule has 0 radical (unpaired) electrons. The number of carbonyl (C=O) groups excluding carboxylic acids is 2. The van der Waals surface area contributed by atoms with Crippen LogP contribution in [0.25, 0.3) is 0 Å². The molecule has 0 saturated heterocycles. The van der Waals surface area contributed by atoms with Crippen molar-refractivity contribution < 1.29 is 45.5 Å². The Morgan fingerprint density at radius 1 is 0.947 bits per heavy atom. The van der Waals surface area contributed by atoms with Gasteiger partial charge in [0.15, 0.2) is 0 Å². The lowest BCUT2D eigenvalue weighted by molar-refractivity contribution is -0.469. The molecule has 0 aliphatic rings. The topological polar surface area (TPSA) is 55.8 Å². The third-order valence-corrected chi connectivity index (χ3v) is 1.53. The van der Waals surface area contributed by atoms with E-state index in [1.54, 1.807) is 0 Å². The van der Waals surface area contributed by atoms with Crippen LogP contribution in [-0.4, -0.2) is 35.2 Å². The number of rotatable bonds is 3. The van der Waals surface area contributed by atoms with Crippen molar-refractivity contribution in [3.63, 3.8) is 0 Å². The maximum absolute atomic E-state index is 12.0. The van der Waals surface area contributed by atoms with Crippen LogP contribution in [0, 0.1) is 0 Å². The second-order valence-corrected chi connectivity index (χ2v) is 3.71. The van der Waals surface area contributed by atoms with Crippen molar-refractivity contribution in [2.45, 2.75) is 39.0 Å². The minimum atomic E-state index is -5.99. The van der Waals surface area contributed by atoms with Gasteiger partial charge in [0.2, 0.25) is 5.60 Å². The fourth-order valence-corrected chi connectivity index (χ4v) is 0.841. The lowest BCUT2D eigenvalue weighted by atomic mass is 10.1. The Balaban J connectivity index is 5.08. The molecule has 0 heterocycles. The van der Waals surface area contributed by atoms with Crippen molar-refractivity contribution in [3.8, 4) is 0 Å². The molecule has 0 unspecified atom stereocenters. The minimum Gasteiger partial charge on any atom is -0.448 e. The van der Waals surface area contributed by atoms with E-state index in [1.165, 1.54) is 0 Å². The SMILES string of the molecule is CC(=O)OC(C)(C)C(=O)ON(C(F)(F)F)C(F)(F)F. The van der Waals surface area contributed by atoms with Crippen LogP contribution in [0.3, 0.4) is 0 Å². The number of carbonyl (C=O) groups is 2. The van der Waals surface area contributed by atoms with Gasteiger partial charge in [-0.1, -0.05) is 0 Å². The van der Waals surface area contributed by atoms with E-state index >= 15 is 0 Å². The predicted molar refractivity (Wildman–Crippen MR) is 45.9 cm³/mol. The van der Waals surface area contributed by atoms with Crippen LogP contribution in [0.15, 0.2) is 0 Å². The highest BCUT2D eigenvalue weighted by molar-refractivity contribution is 5.81.